The lowest BCUT2D eigenvalue weighted by Gasteiger charge is -2.04. The summed E-state index contributed by atoms with van der Waals surface area (Å²) in [4.78, 5) is 10.8. The molecule has 0 spiro atoms. The van der Waals surface area contributed by atoms with Crippen molar-refractivity contribution in [3.63, 3.8) is 0 Å². The molecule has 0 rings (SSSR count). The molecule has 1 unspecified atom stereocenters. The highest BCUT2D eigenvalue weighted by molar-refractivity contribution is 6.21. The SMILES string of the molecule is C=CCCC(=O)NC(C)Cl. The molecule has 0 saturated heterocycles. The lowest BCUT2D eigenvalue weighted by atomic mass is 10.3. The maximum Gasteiger partial charge on any atom is 0.221 e. The van der Waals surface area contributed by atoms with Crippen LogP contribution in [0, 0.1) is 0 Å². The Balaban J connectivity index is 3.34. The summed E-state index contributed by atoms with van der Waals surface area (Å²) in [6.45, 7) is 5.21. The van der Waals surface area contributed by atoms with Crippen LogP contribution in [-0.4, -0.2) is 11.4 Å². The van der Waals surface area contributed by atoms with Gasteiger partial charge in [0.2, 0.25) is 5.91 Å². The van der Waals surface area contributed by atoms with E-state index in [9.17, 15) is 4.79 Å². The van der Waals surface area contributed by atoms with Gasteiger partial charge in [-0.05, 0) is 13.3 Å². The minimum absolute atomic E-state index is 0.0256. The van der Waals surface area contributed by atoms with Crippen LogP contribution in [-0.2, 0) is 4.79 Å². The number of alkyl halides is 1. The number of carbonyl (C=O) groups is 1. The van der Waals surface area contributed by atoms with Crippen LogP contribution >= 0.6 is 11.6 Å². The Morgan fingerprint density at radius 1 is 1.90 bits per heavy atom. The van der Waals surface area contributed by atoms with Crippen LogP contribution in [0.3, 0.4) is 0 Å². The highest BCUT2D eigenvalue weighted by Crippen LogP contribution is 1.92. The first kappa shape index (κ1) is 9.50. The van der Waals surface area contributed by atoms with Crippen molar-refractivity contribution in [2.24, 2.45) is 0 Å². The smallest absolute Gasteiger partial charge is 0.221 e. The summed E-state index contributed by atoms with van der Waals surface area (Å²) >= 11 is 5.49. The molecule has 0 aromatic rings. The monoisotopic (exact) mass is 161 g/mol. The molecule has 3 heteroatoms. The molecule has 1 N–H and O–H groups in total. The van der Waals surface area contributed by atoms with E-state index in [1.54, 1.807) is 13.0 Å². The van der Waals surface area contributed by atoms with Crippen LogP contribution in [0.25, 0.3) is 0 Å². The zero-order valence-electron chi connectivity index (χ0n) is 6.06. The Morgan fingerprint density at radius 3 is 2.90 bits per heavy atom. The van der Waals surface area contributed by atoms with Crippen LogP contribution < -0.4 is 5.32 Å². The maximum absolute atomic E-state index is 10.8. The third-order valence-corrected chi connectivity index (χ3v) is 1.04. The number of allylic oxidation sites excluding steroid dienone is 1. The first-order valence-electron chi connectivity index (χ1n) is 3.21. The van der Waals surface area contributed by atoms with E-state index in [0.717, 1.165) is 0 Å². The van der Waals surface area contributed by atoms with Gasteiger partial charge in [0, 0.05) is 6.42 Å². The second-order valence-corrected chi connectivity index (χ2v) is 2.67. The van der Waals surface area contributed by atoms with E-state index in [1.807, 2.05) is 0 Å². The van der Waals surface area contributed by atoms with Crippen molar-refractivity contribution in [1.82, 2.24) is 5.32 Å². The zero-order valence-corrected chi connectivity index (χ0v) is 6.82. The van der Waals surface area contributed by atoms with E-state index in [2.05, 4.69) is 11.9 Å². The lowest BCUT2D eigenvalue weighted by molar-refractivity contribution is -0.121. The number of hydrogen-bond acceptors (Lipinski definition) is 1. The van der Waals surface area contributed by atoms with E-state index < -0.39 is 0 Å². The average molecular weight is 162 g/mol. The summed E-state index contributed by atoms with van der Waals surface area (Å²) in [5, 5.41) is 2.56. The third-order valence-electron chi connectivity index (χ3n) is 0.935. The molecular formula is C7H12ClNO. The molecule has 0 aliphatic carbocycles. The average Bonchev–Trinajstić information content (AvgIpc) is 1.82. The number of nitrogens with one attached hydrogen (secondary N) is 1. The van der Waals surface area contributed by atoms with Gasteiger partial charge in [-0.3, -0.25) is 4.79 Å². The van der Waals surface area contributed by atoms with E-state index in [0.29, 0.717) is 12.8 Å². The van der Waals surface area contributed by atoms with Gasteiger partial charge in [-0.2, -0.15) is 0 Å². The van der Waals surface area contributed by atoms with Crippen LogP contribution in [0.15, 0.2) is 12.7 Å². The van der Waals surface area contributed by atoms with E-state index in [-0.39, 0.29) is 11.4 Å². The number of amides is 1. The molecule has 0 aliphatic heterocycles. The van der Waals surface area contributed by atoms with Crippen molar-refractivity contribution in [2.45, 2.75) is 25.3 Å². The van der Waals surface area contributed by atoms with Gasteiger partial charge < -0.3 is 5.32 Å². The Hall–Kier alpha value is -0.500. The Bertz CT molecular complexity index is 123. The Morgan fingerprint density at radius 2 is 2.50 bits per heavy atom. The second-order valence-electron chi connectivity index (χ2n) is 2.01. The largest absolute Gasteiger partial charge is 0.340 e. The number of hydrogen-bond donors (Lipinski definition) is 1. The van der Waals surface area contributed by atoms with Gasteiger partial charge in [-0.1, -0.05) is 17.7 Å². The molecular weight excluding hydrogens is 150 g/mol. The molecule has 0 bridgehead atoms. The lowest BCUT2D eigenvalue weighted by Crippen LogP contribution is -2.27. The van der Waals surface area contributed by atoms with Crippen molar-refractivity contribution in [3.8, 4) is 0 Å². The van der Waals surface area contributed by atoms with E-state index >= 15 is 0 Å². The predicted molar refractivity (Wildman–Crippen MR) is 42.9 cm³/mol. The van der Waals surface area contributed by atoms with E-state index in [4.69, 9.17) is 11.6 Å². The van der Waals surface area contributed by atoms with Gasteiger partial charge in [0.25, 0.3) is 0 Å². The van der Waals surface area contributed by atoms with Gasteiger partial charge in [-0.15, -0.1) is 6.58 Å². The molecule has 0 heterocycles. The number of halogens is 1. The standard InChI is InChI=1S/C7H12ClNO/c1-3-4-5-7(10)9-6(2)8/h3,6H,1,4-5H2,2H3,(H,9,10). The number of carbonyl (C=O) groups excluding carboxylic acids is 1. The summed E-state index contributed by atoms with van der Waals surface area (Å²) in [5.74, 6) is -0.0256. The fraction of sp³-hybridized carbons (Fsp3) is 0.571. The van der Waals surface area contributed by atoms with Crippen molar-refractivity contribution in [3.05, 3.63) is 12.7 Å². The number of rotatable bonds is 4. The van der Waals surface area contributed by atoms with Gasteiger partial charge in [-0.25, -0.2) is 0 Å². The molecule has 2 nitrogen and oxygen atoms in total. The van der Waals surface area contributed by atoms with Gasteiger partial charge in [0.05, 0.1) is 0 Å². The van der Waals surface area contributed by atoms with Crippen molar-refractivity contribution in [1.29, 1.82) is 0 Å². The summed E-state index contributed by atoms with van der Waals surface area (Å²) in [6.07, 6.45) is 2.88. The van der Waals surface area contributed by atoms with Crippen molar-refractivity contribution >= 4 is 17.5 Å². The minimum atomic E-state index is -0.280. The van der Waals surface area contributed by atoms with E-state index in [1.165, 1.54) is 0 Å². The molecule has 0 saturated carbocycles. The fourth-order valence-corrected chi connectivity index (χ4v) is 0.649. The Labute approximate surface area is 66.3 Å². The molecule has 10 heavy (non-hydrogen) atoms. The Kier molecular flexibility index (Phi) is 5.03. The highest BCUT2D eigenvalue weighted by Gasteiger charge is 2.01. The minimum Gasteiger partial charge on any atom is -0.340 e. The van der Waals surface area contributed by atoms with Crippen LogP contribution in [0.2, 0.25) is 0 Å². The highest BCUT2D eigenvalue weighted by atomic mass is 35.5. The van der Waals surface area contributed by atoms with Crippen molar-refractivity contribution < 1.29 is 4.79 Å². The van der Waals surface area contributed by atoms with Crippen LogP contribution in [0.1, 0.15) is 19.8 Å². The van der Waals surface area contributed by atoms with Gasteiger partial charge >= 0.3 is 0 Å². The topological polar surface area (TPSA) is 29.1 Å². The summed E-state index contributed by atoms with van der Waals surface area (Å²) in [7, 11) is 0. The van der Waals surface area contributed by atoms with Crippen LogP contribution in [0.4, 0.5) is 0 Å². The van der Waals surface area contributed by atoms with Gasteiger partial charge in [0.15, 0.2) is 0 Å². The van der Waals surface area contributed by atoms with Crippen molar-refractivity contribution in [2.75, 3.05) is 0 Å². The summed E-state index contributed by atoms with van der Waals surface area (Å²) in [6, 6.07) is 0. The predicted octanol–water partition coefficient (Wildman–Crippen LogP) is 1.65. The first-order chi connectivity index (χ1) is 4.66. The molecule has 0 aliphatic rings. The quantitative estimate of drug-likeness (QED) is 0.379. The molecule has 0 aromatic heterocycles. The first-order valence-corrected chi connectivity index (χ1v) is 3.64. The molecule has 0 aromatic carbocycles. The third kappa shape index (κ3) is 5.63. The second kappa shape index (κ2) is 5.30. The summed E-state index contributed by atoms with van der Waals surface area (Å²) in [5.41, 5.74) is -0.280. The normalized spacial score (nSPS) is 12.2. The molecule has 0 radical (unpaired) electrons. The fourth-order valence-electron chi connectivity index (χ4n) is 0.527. The van der Waals surface area contributed by atoms with Crippen LogP contribution in [0.5, 0.6) is 0 Å². The molecule has 0 fully saturated rings. The zero-order chi connectivity index (χ0) is 7.98. The van der Waals surface area contributed by atoms with Gasteiger partial charge in [0.1, 0.15) is 5.50 Å². The molecule has 1 atom stereocenters. The summed E-state index contributed by atoms with van der Waals surface area (Å²) < 4.78 is 0. The maximum atomic E-state index is 10.8. The molecule has 58 valence electrons. The molecule has 1 amide bonds.